The van der Waals surface area contributed by atoms with Gasteiger partial charge >= 0.3 is 0 Å². The van der Waals surface area contributed by atoms with Crippen LogP contribution in [0.15, 0.2) is 199 Å². The number of furan rings is 1. The maximum atomic E-state index is 7.05. The fourth-order valence-electron chi connectivity index (χ4n) is 8.86. The van der Waals surface area contributed by atoms with E-state index in [-0.39, 0.29) is 0 Å². The molecule has 0 aliphatic rings. The van der Waals surface area contributed by atoms with E-state index in [9.17, 15) is 0 Å². The number of hydrogen-bond acceptors (Lipinski definition) is 4. The number of rotatable bonds is 5. The van der Waals surface area contributed by atoms with E-state index in [0.29, 0.717) is 17.5 Å². The quantitative estimate of drug-likeness (QED) is 0.176. The van der Waals surface area contributed by atoms with Gasteiger partial charge in [0.2, 0.25) is 0 Å². The van der Waals surface area contributed by atoms with Crippen molar-refractivity contribution in [3.63, 3.8) is 0 Å². The SMILES string of the molecule is c1ccc(-c2nc(-c3ccccc3)nc(-c3cccc4oc5c(-c6ccccc6)ccc(-n6c7ccc8ccccc8c7c7c8ccccc8ccc76)c5c34)n2)cc1. The summed E-state index contributed by atoms with van der Waals surface area (Å²) in [6.45, 7) is 0. The summed E-state index contributed by atoms with van der Waals surface area (Å²) in [6.07, 6.45) is 0. The van der Waals surface area contributed by atoms with Gasteiger partial charge in [-0.2, -0.15) is 0 Å². The normalized spacial score (nSPS) is 11.8. The maximum Gasteiger partial charge on any atom is 0.164 e. The van der Waals surface area contributed by atoms with E-state index in [0.717, 1.165) is 66.5 Å². The van der Waals surface area contributed by atoms with E-state index in [1.54, 1.807) is 0 Å². The molecule has 0 saturated carbocycles. The second-order valence-electron chi connectivity index (χ2n) is 14.7. The number of fused-ring (bicyclic) bond motifs is 10. The van der Waals surface area contributed by atoms with Crippen molar-refractivity contribution in [1.82, 2.24) is 19.5 Å². The highest BCUT2D eigenvalue weighted by atomic mass is 16.3. The average molecular weight is 741 g/mol. The van der Waals surface area contributed by atoms with Gasteiger partial charge in [0.25, 0.3) is 0 Å². The lowest BCUT2D eigenvalue weighted by molar-refractivity contribution is 0.670. The standard InChI is InChI=1S/C53H32N4O/c1-4-15-33(16-5-1)40-29-32-44(57-42-30-27-34-17-10-12-23-38(34)46(42)47-39-24-13-11-18-35(39)28-31-43(47)57)49-48-41(25-14-26-45(48)58-50(40)49)53-55-51(36-19-6-2-7-20-36)54-52(56-53)37-21-8-3-9-22-37/h1-32H. The third-order valence-electron chi connectivity index (χ3n) is 11.4. The van der Waals surface area contributed by atoms with Crippen LogP contribution in [0.25, 0.3) is 116 Å². The number of aromatic nitrogens is 4. The molecule has 0 atom stereocenters. The van der Waals surface area contributed by atoms with E-state index in [4.69, 9.17) is 19.4 Å². The van der Waals surface area contributed by atoms with Crippen molar-refractivity contribution < 1.29 is 4.42 Å². The van der Waals surface area contributed by atoms with Crippen molar-refractivity contribution in [2.24, 2.45) is 0 Å². The van der Waals surface area contributed by atoms with Crippen LogP contribution in [0.5, 0.6) is 0 Å². The molecule has 9 aromatic carbocycles. The molecule has 0 radical (unpaired) electrons. The molecule has 0 aliphatic carbocycles. The summed E-state index contributed by atoms with van der Waals surface area (Å²) in [4.78, 5) is 15.4. The molecule has 0 fully saturated rings. The molecule has 0 bridgehead atoms. The second kappa shape index (κ2) is 12.8. The zero-order chi connectivity index (χ0) is 38.2. The van der Waals surface area contributed by atoms with Crippen molar-refractivity contribution in [1.29, 1.82) is 0 Å². The van der Waals surface area contributed by atoms with Crippen molar-refractivity contribution in [3.8, 4) is 51.0 Å². The molecule has 5 nitrogen and oxygen atoms in total. The predicted molar refractivity (Wildman–Crippen MR) is 238 cm³/mol. The summed E-state index contributed by atoms with van der Waals surface area (Å²) in [5.41, 5.74) is 9.66. The number of hydrogen-bond donors (Lipinski definition) is 0. The molecule has 5 heteroatoms. The first-order chi connectivity index (χ1) is 28.8. The van der Waals surface area contributed by atoms with Crippen LogP contribution in [0, 0.1) is 0 Å². The Kier molecular flexibility index (Phi) is 7.16. The summed E-state index contributed by atoms with van der Waals surface area (Å²) in [6, 6.07) is 67.9. The van der Waals surface area contributed by atoms with E-state index in [1.807, 2.05) is 72.8 Å². The molecule has 0 amide bonds. The monoisotopic (exact) mass is 740 g/mol. The molecule has 0 unspecified atom stereocenters. The Hall–Kier alpha value is -7.89. The van der Waals surface area contributed by atoms with Crippen LogP contribution < -0.4 is 0 Å². The Morgan fingerprint density at radius 2 is 0.862 bits per heavy atom. The van der Waals surface area contributed by atoms with Crippen LogP contribution in [-0.4, -0.2) is 19.5 Å². The molecular weight excluding hydrogens is 709 g/mol. The first-order valence-electron chi connectivity index (χ1n) is 19.5. The van der Waals surface area contributed by atoms with Gasteiger partial charge in [-0.25, -0.2) is 15.0 Å². The van der Waals surface area contributed by atoms with Gasteiger partial charge in [-0.1, -0.05) is 164 Å². The second-order valence-corrected chi connectivity index (χ2v) is 14.7. The summed E-state index contributed by atoms with van der Waals surface area (Å²) in [7, 11) is 0. The van der Waals surface area contributed by atoms with E-state index in [1.165, 1.54) is 32.3 Å². The van der Waals surface area contributed by atoms with Gasteiger partial charge in [0.15, 0.2) is 17.5 Å². The Balaban J connectivity index is 1.24. The van der Waals surface area contributed by atoms with Gasteiger partial charge in [-0.05, 0) is 57.4 Å². The van der Waals surface area contributed by atoms with E-state index < -0.39 is 0 Å². The van der Waals surface area contributed by atoms with E-state index >= 15 is 0 Å². The molecule has 0 aliphatic heterocycles. The molecule has 270 valence electrons. The Labute approximate surface area is 333 Å². The average Bonchev–Trinajstić information content (AvgIpc) is 3.87. The molecule has 0 N–H and O–H groups in total. The lowest BCUT2D eigenvalue weighted by atomic mass is 9.98. The summed E-state index contributed by atoms with van der Waals surface area (Å²) >= 11 is 0. The van der Waals surface area contributed by atoms with Crippen LogP contribution in [0.3, 0.4) is 0 Å². The number of nitrogens with zero attached hydrogens (tertiary/aromatic N) is 4. The minimum Gasteiger partial charge on any atom is -0.455 e. The lowest BCUT2D eigenvalue weighted by Gasteiger charge is -2.13. The smallest absolute Gasteiger partial charge is 0.164 e. The van der Waals surface area contributed by atoms with E-state index in [2.05, 4.69) is 126 Å². The summed E-state index contributed by atoms with van der Waals surface area (Å²) in [5, 5.41) is 9.28. The van der Waals surface area contributed by atoms with Gasteiger partial charge in [0.05, 0.1) is 22.1 Å². The first kappa shape index (κ1) is 32.4. The Morgan fingerprint density at radius 1 is 0.345 bits per heavy atom. The maximum absolute atomic E-state index is 7.05. The zero-order valence-electron chi connectivity index (χ0n) is 31.2. The highest BCUT2D eigenvalue weighted by Crippen LogP contribution is 2.47. The fraction of sp³-hybridized carbons (Fsp3) is 0. The summed E-state index contributed by atoms with van der Waals surface area (Å²) < 4.78 is 9.48. The zero-order valence-corrected chi connectivity index (χ0v) is 31.2. The lowest BCUT2D eigenvalue weighted by Crippen LogP contribution is -2.00. The largest absolute Gasteiger partial charge is 0.455 e. The number of benzene rings is 9. The highest BCUT2D eigenvalue weighted by molar-refractivity contribution is 6.29. The minimum atomic E-state index is 0.580. The van der Waals surface area contributed by atoms with Crippen molar-refractivity contribution >= 4 is 65.3 Å². The van der Waals surface area contributed by atoms with Gasteiger partial charge in [-0.15, -0.1) is 0 Å². The molecular formula is C53H32N4O. The molecule has 0 spiro atoms. The van der Waals surface area contributed by atoms with Gasteiger partial charge in [-0.3, -0.25) is 0 Å². The topological polar surface area (TPSA) is 56.7 Å². The van der Waals surface area contributed by atoms with Crippen molar-refractivity contribution in [3.05, 3.63) is 194 Å². The minimum absolute atomic E-state index is 0.580. The third kappa shape index (κ3) is 4.93. The molecule has 12 rings (SSSR count). The van der Waals surface area contributed by atoms with Crippen LogP contribution in [0.1, 0.15) is 0 Å². The molecule has 0 saturated heterocycles. The van der Waals surface area contributed by atoms with Gasteiger partial charge in [0, 0.05) is 38.4 Å². The van der Waals surface area contributed by atoms with Gasteiger partial charge in [0.1, 0.15) is 11.2 Å². The molecule has 58 heavy (non-hydrogen) atoms. The van der Waals surface area contributed by atoms with Crippen molar-refractivity contribution in [2.75, 3.05) is 0 Å². The molecule has 3 heterocycles. The van der Waals surface area contributed by atoms with Crippen molar-refractivity contribution in [2.45, 2.75) is 0 Å². The van der Waals surface area contributed by atoms with Gasteiger partial charge < -0.3 is 8.98 Å². The third-order valence-corrected chi connectivity index (χ3v) is 11.4. The van der Waals surface area contributed by atoms with Crippen LogP contribution in [0.2, 0.25) is 0 Å². The molecule has 3 aromatic heterocycles. The Morgan fingerprint density at radius 3 is 1.45 bits per heavy atom. The van der Waals surface area contributed by atoms with Crippen LogP contribution >= 0.6 is 0 Å². The van der Waals surface area contributed by atoms with Crippen LogP contribution in [-0.2, 0) is 0 Å². The fourth-order valence-corrected chi connectivity index (χ4v) is 8.86. The summed E-state index contributed by atoms with van der Waals surface area (Å²) in [5.74, 6) is 1.80. The first-order valence-corrected chi connectivity index (χ1v) is 19.5. The predicted octanol–water partition coefficient (Wildman–Crippen LogP) is 13.8. The Bertz CT molecular complexity index is 3400. The molecule has 12 aromatic rings. The van der Waals surface area contributed by atoms with Crippen LogP contribution in [0.4, 0.5) is 0 Å². The highest BCUT2D eigenvalue weighted by Gasteiger charge is 2.25.